The maximum absolute atomic E-state index is 12.8. The lowest BCUT2D eigenvalue weighted by Gasteiger charge is -2.13. The summed E-state index contributed by atoms with van der Waals surface area (Å²) >= 11 is 0. The molecule has 314 valence electrons. The molecule has 0 saturated heterocycles. The van der Waals surface area contributed by atoms with Gasteiger partial charge in [-0.25, -0.2) is 26.4 Å². The van der Waals surface area contributed by atoms with E-state index in [0.29, 0.717) is 48.3 Å². The summed E-state index contributed by atoms with van der Waals surface area (Å²) in [6, 6.07) is 38.1. The highest BCUT2D eigenvalue weighted by atomic mass is 32.2. The Labute approximate surface area is 352 Å². The molecule has 0 radical (unpaired) electrons. The Hall–Kier alpha value is -7.37. The Morgan fingerprint density at radius 2 is 0.984 bits per heavy atom. The first kappa shape index (κ1) is 44.7. The molecule has 0 heterocycles. The van der Waals surface area contributed by atoms with Gasteiger partial charge in [0.05, 0.1) is 32.3 Å². The van der Waals surface area contributed by atoms with Gasteiger partial charge in [-0.2, -0.15) is 0 Å². The van der Waals surface area contributed by atoms with Crippen LogP contribution in [0.3, 0.4) is 0 Å². The van der Waals surface area contributed by atoms with Crippen molar-refractivity contribution in [1.82, 2.24) is 0 Å². The molecule has 0 aliphatic carbocycles. The number of nitrogens with zero attached hydrogens (tertiary/aromatic N) is 1. The molecule has 0 fully saturated rings. The molecule has 0 aliphatic rings. The topological polar surface area (TPSA) is 239 Å². The van der Waals surface area contributed by atoms with Gasteiger partial charge in [-0.05, 0) is 115 Å². The van der Waals surface area contributed by atoms with E-state index in [1.807, 2.05) is 12.1 Å². The van der Waals surface area contributed by atoms with Crippen LogP contribution in [0.5, 0.6) is 0 Å². The maximum atomic E-state index is 12.8. The number of carbonyl (C=O) groups excluding carboxylic acids is 1. The van der Waals surface area contributed by atoms with Gasteiger partial charge in [0.1, 0.15) is 0 Å². The summed E-state index contributed by atoms with van der Waals surface area (Å²) < 4.78 is 56.3. The van der Waals surface area contributed by atoms with Gasteiger partial charge in [0, 0.05) is 18.7 Å². The van der Waals surface area contributed by atoms with Crippen LogP contribution in [0.2, 0.25) is 0 Å². The first-order valence-electron chi connectivity index (χ1n) is 18.5. The Kier molecular flexibility index (Phi) is 14.7. The summed E-state index contributed by atoms with van der Waals surface area (Å²) in [7, 11) is -7.97. The number of aryl methyl sites for hydroxylation is 4. The van der Waals surface area contributed by atoms with Crippen molar-refractivity contribution in [3.8, 4) is 0 Å². The second-order valence-electron chi connectivity index (χ2n) is 13.5. The monoisotopic (exact) mass is 864 g/mol. The molecule has 15 nitrogen and oxygen atoms in total. The number of para-hydroxylation sites is 3. The van der Waals surface area contributed by atoms with Gasteiger partial charge in [0.2, 0.25) is 5.91 Å². The summed E-state index contributed by atoms with van der Waals surface area (Å²) in [6.07, 6.45) is 2.25. The van der Waals surface area contributed by atoms with Crippen LogP contribution in [0, 0.1) is 10.1 Å². The second-order valence-corrected chi connectivity index (χ2v) is 16.8. The van der Waals surface area contributed by atoms with Crippen molar-refractivity contribution in [1.29, 1.82) is 0 Å². The van der Waals surface area contributed by atoms with Gasteiger partial charge in [-0.1, -0.05) is 72.8 Å². The van der Waals surface area contributed by atoms with E-state index in [1.54, 1.807) is 72.8 Å². The summed E-state index contributed by atoms with van der Waals surface area (Å²) in [5.41, 5.74) is 4.63. The molecule has 1 amide bonds. The minimum atomic E-state index is -4.17. The van der Waals surface area contributed by atoms with Gasteiger partial charge in [-0.3, -0.25) is 24.4 Å². The second kappa shape index (κ2) is 20.1. The fraction of sp³-hybridized carbons (Fsp3) is 0.114. The Balaban J connectivity index is 0.000000231. The highest BCUT2D eigenvalue weighted by Gasteiger charge is 2.26. The smallest absolute Gasteiger partial charge is 0.335 e. The minimum absolute atomic E-state index is 0.0839. The van der Waals surface area contributed by atoms with Gasteiger partial charge in [0.15, 0.2) is 4.90 Å². The van der Waals surface area contributed by atoms with Gasteiger partial charge < -0.3 is 15.5 Å². The third kappa shape index (κ3) is 12.6. The summed E-state index contributed by atoms with van der Waals surface area (Å²) in [4.78, 5) is 43.2. The molecule has 0 aromatic heterocycles. The maximum Gasteiger partial charge on any atom is 0.335 e. The Morgan fingerprint density at radius 1 is 0.557 bits per heavy atom. The van der Waals surface area contributed by atoms with Crippen molar-refractivity contribution in [2.24, 2.45) is 0 Å². The lowest BCUT2D eigenvalue weighted by atomic mass is 10.0. The number of amides is 1. The predicted molar refractivity (Wildman–Crippen MR) is 230 cm³/mol. The van der Waals surface area contributed by atoms with Gasteiger partial charge in [0.25, 0.3) is 25.7 Å². The summed E-state index contributed by atoms with van der Waals surface area (Å²) in [5, 5.41) is 31.7. The minimum Gasteiger partial charge on any atom is -0.478 e. The number of sulfonamides is 2. The number of nitro benzene ring substituents is 1. The highest BCUT2D eigenvalue weighted by molar-refractivity contribution is 7.93. The van der Waals surface area contributed by atoms with Gasteiger partial charge >= 0.3 is 11.9 Å². The summed E-state index contributed by atoms with van der Waals surface area (Å²) in [6.45, 7) is 1.38. The number of aromatic carboxylic acids is 2. The third-order valence-electron chi connectivity index (χ3n) is 9.13. The van der Waals surface area contributed by atoms with E-state index < -0.39 is 47.5 Å². The van der Waals surface area contributed by atoms with Crippen LogP contribution in [-0.4, -0.2) is 49.8 Å². The number of nitro groups is 1. The number of hydrogen-bond donors (Lipinski definition) is 5. The molecule has 0 saturated carbocycles. The molecule has 0 unspecified atom stereocenters. The normalized spacial score (nSPS) is 11.0. The molecule has 6 rings (SSSR count). The van der Waals surface area contributed by atoms with Crippen molar-refractivity contribution in [2.45, 2.75) is 42.4 Å². The fourth-order valence-corrected chi connectivity index (χ4v) is 8.40. The molecule has 0 aliphatic heterocycles. The average Bonchev–Trinajstić information content (AvgIpc) is 3.23. The fourth-order valence-electron chi connectivity index (χ4n) is 6.02. The van der Waals surface area contributed by atoms with E-state index in [1.165, 1.54) is 61.5 Å². The zero-order chi connectivity index (χ0) is 44.2. The number of benzene rings is 6. The average molecular weight is 865 g/mol. The van der Waals surface area contributed by atoms with Crippen LogP contribution in [0.25, 0.3) is 0 Å². The quantitative estimate of drug-likeness (QED) is 0.0464. The SMILES string of the molecule is CC(=O)Nc1ccc(S(=O)(=O)Nc2ccccc2CCc2ccc(C(=O)O)cc2)cc1.O=C(O)c1ccc(CCc2ccccc2NS(=O)(=O)c2ccccc2[N+](=O)[O-])cc1. The van der Waals surface area contributed by atoms with Crippen LogP contribution in [-0.2, 0) is 50.5 Å². The Morgan fingerprint density at radius 3 is 1.43 bits per heavy atom. The summed E-state index contributed by atoms with van der Waals surface area (Å²) in [5.74, 6) is -2.21. The first-order valence-corrected chi connectivity index (χ1v) is 21.5. The number of carbonyl (C=O) groups is 3. The van der Waals surface area contributed by atoms with Gasteiger partial charge in [-0.15, -0.1) is 0 Å². The van der Waals surface area contributed by atoms with Crippen LogP contribution in [0.4, 0.5) is 22.7 Å². The lowest BCUT2D eigenvalue weighted by molar-refractivity contribution is -0.387. The van der Waals surface area contributed by atoms with E-state index in [9.17, 15) is 41.3 Å². The van der Waals surface area contributed by atoms with Crippen molar-refractivity contribution in [3.05, 3.63) is 189 Å². The zero-order valence-electron chi connectivity index (χ0n) is 32.5. The van der Waals surface area contributed by atoms with Crippen LogP contribution in [0.1, 0.15) is 49.9 Å². The molecule has 0 bridgehead atoms. The van der Waals surface area contributed by atoms with Crippen molar-refractivity contribution in [3.63, 3.8) is 0 Å². The number of carboxylic acids is 2. The van der Waals surface area contributed by atoms with Crippen LogP contribution < -0.4 is 14.8 Å². The van der Waals surface area contributed by atoms with E-state index >= 15 is 0 Å². The van der Waals surface area contributed by atoms with Crippen molar-refractivity contribution < 1.29 is 46.4 Å². The van der Waals surface area contributed by atoms with Crippen molar-refractivity contribution >= 4 is 60.6 Å². The molecule has 6 aromatic rings. The van der Waals surface area contributed by atoms with Crippen LogP contribution >= 0.6 is 0 Å². The predicted octanol–water partition coefficient (Wildman–Crippen LogP) is 7.81. The third-order valence-corrected chi connectivity index (χ3v) is 11.9. The molecule has 6 aromatic carbocycles. The van der Waals surface area contributed by atoms with Crippen LogP contribution in [0.15, 0.2) is 155 Å². The van der Waals surface area contributed by atoms with E-state index in [4.69, 9.17) is 10.2 Å². The molecule has 0 spiro atoms. The molecule has 61 heavy (non-hydrogen) atoms. The molecular weight excluding hydrogens is 825 g/mol. The standard InChI is InChI=1S/C23H22N2O5S.C21H18N2O6S/c1-16(26)24-20-12-14-21(15-13-20)31(29,30)25-22-5-3-2-4-18(22)9-6-17-7-10-19(11-8-17)23(27)28;24-21(25)17-13-10-15(11-14-17)9-12-16-5-1-2-6-18(16)22-30(28,29)20-8-4-3-7-19(20)23(26)27/h2-5,7-8,10-15,25H,6,9H2,1H3,(H,24,26)(H,27,28);1-8,10-11,13-14,22H,9,12H2,(H,24,25). The van der Waals surface area contributed by atoms with E-state index in [0.717, 1.165) is 22.8 Å². The van der Waals surface area contributed by atoms with E-state index in [-0.39, 0.29) is 21.9 Å². The molecule has 5 N–H and O–H groups in total. The number of anilines is 3. The zero-order valence-corrected chi connectivity index (χ0v) is 34.2. The largest absolute Gasteiger partial charge is 0.478 e. The lowest BCUT2D eigenvalue weighted by Crippen LogP contribution is -2.16. The number of nitrogens with one attached hydrogen (secondary N) is 3. The first-order chi connectivity index (χ1) is 29.0. The van der Waals surface area contributed by atoms with Crippen molar-refractivity contribution in [2.75, 3.05) is 14.8 Å². The number of rotatable bonds is 16. The van der Waals surface area contributed by atoms with E-state index in [2.05, 4.69) is 14.8 Å². The molecular formula is C44H40N4O11S2. The highest BCUT2D eigenvalue weighted by Crippen LogP contribution is 2.28. The Bertz CT molecular complexity index is 2760. The molecule has 0 atom stereocenters. The number of hydrogen-bond acceptors (Lipinski definition) is 9. The number of carboxylic acid groups (broad SMARTS) is 2. The molecule has 17 heteroatoms.